The van der Waals surface area contributed by atoms with Gasteiger partial charge in [-0.2, -0.15) is 0 Å². The van der Waals surface area contributed by atoms with Crippen molar-refractivity contribution < 1.29 is 13.2 Å². The van der Waals surface area contributed by atoms with Crippen molar-refractivity contribution in [3.05, 3.63) is 0 Å². The van der Waals surface area contributed by atoms with Crippen molar-refractivity contribution in [2.75, 3.05) is 64.0 Å². The summed E-state index contributed by atoms with van der Waals surface area (Å²) in [6.07, 6.45) is 2.96. The molecule has 25 heavy (non-hydrogen) atoms. The summed E-state index contributed by atoms with van der Waals surface area (Å²) in [4.78, 5) is 9.67. The Morgan fingerprint density at radius 2 is 2.04 bits per heavy atom. The van der Waals surface area contributed by atoms with Crippen LogP contribution >= 0.6 is 0 Å². The van der Waals surface area contributed by atoms with Crippen LogP contribution < -0.4 is 5.32 Å². The second-order valence-electron chi connectivity index (χ2n) is 7.40. The normalized spacial score (nSPS) is 30.8. The Balaban J connectivity index is 1.57. The molecular weight excluding hydrogens is 340 g/mol. The van der Waals surface area contributed by atoms with E-state index in [1.54, 1.807) is 0 Å². The topological polar surface area (TPSA) is 74.2 Å². The van der Waals surface area contributed by atoms with Gasteiger partial charge < -0.3 is 15.0 Å². The molecule has 8 heteroatoms. The zero-order valence-corrected chi connectivity index (χ0v) is 16.1. The number of sulfone groups is 1. The molecule has 0 saturated carbocycles. The highest BCUT2D eigenvalue weighted by molar-refractivity contribution is 7.91. The van der Waals surface area contributed by atoms with Crippen molar-refractivity contribution >= 4 is 15.8 Å². The lowest BCUT2D eigenvalue weighted by molar-refractivity contribution is 0.0195. The molecule has 0 aromatic carbocycles. The van der Waals surface area contributed by atoms with E-state index in [0.29, 0.717) is 24.1 Å². The van der Waals surface area contributed by atoms with E-state index in [1.807, 2.05) is 0 Å². The van der Waals surface area contributed by atoms with Gasteiger partial charge in [-0.25, -0.2) is 8.42 Å². The summed E-state index contributed by atoms with van der Waals surface area (Å²) < 4.78 is 28.7. The molecule has 3 saturated heterocycles. The lowest BCUT2D eigenvalue weighted by atomic mass is 10.1. The van der Waals surface area contributed by atoms with Crippen molar-refractivity contribution in [2.45, 2.75) is 32.2 Å². The summed E-state index contributed by atoms with van der Waals surface area (Å²) in [5.74, 6) is 1.77. The van der Waals surface area contributed by atoms with Crippen LogP contribution in [-0.4, -0.2) is 94.2 Å². The predicted molar refractivity (Wildman–Crippen MR) is 99.7 cm³/mol. The molecule has 3 heterocycles. The fraction of sp³-hybridized carbons (Fsp3) is 0.941. The molecular formula is C17H32N4O3S. The van der Waals surface area contributed by atoms with E-state index in [4.69, 9.17) is 9.73 Å². The molecule has 3 aliphatic rings. The zero-order chi connectivity index (χ0) is 17.7. The van der Waals surface area contributed by atoms with E-state index in [1.165, 1.54) is 0 Å². The molecule has 3 fully saturated rings. The zero-order valence-electron chi connectivity index (χ0n) is 15.3. The molecule has 2 atom stereocenters. The first-order valence-corrected chi connectivity index (χ1v) is 11.4. The van der Waals surface area contributed by atoms with Crippen molar-refractivity contribution in [3.63, 3.8) is 0 Å². The molecule has 0 bridgehead atoms. The summed E-state index contributed by atoms with van der Waals surface area (Å²) in [5, 5.41) is 3.46. The van der Waals surface area contributed by atoms with Crippen LogP contribution in [0, 0.1) is 5.92 Å². The standard InChI is InChI=1S/C17H32N4O3S/c1-2-5-18-17(19-12-15-4-11-25(22,23)14-15)21-6-3-16(13-21)20-7-9-24-10-8-20/h15-16H,2-14H2,1H3,(H,18,19). The van der Waals surface area contributed by atoms with Gasteiger partial charge in [-0.1, -0.05) is 6.92 Å². The summed E-state index contributed by atoms with van der Waals surface area (Å²) >= 11 is 0. The van der Waals surface area contributed by atoms with Gasteiger partial charge in [0, 0.05) is 45.3 Å². The van der Waals surface area contributed by atoms with E-state index in [-0.39, 0.29) is 5.92 Å². The van der Waals surface area contributed by atoms with E-state index in [2.05, 4.69) is 22.0 Å². The van der Waals surface area contributed by atoms with Crippen LogP contribution in [0.25, 0.3) is 0 Å². The van der Waals surface area contributed by atoms with Gasteiger partial charge in [0.2, 0.25) is 0 Å². The Hall–Kier alpha value is -0.860. The van der Waals surface area contributed by atoms with E-state index in [9.17, 15) is 8.42 Å². The second kappa shape index (κ2) is 8.68. The summed E-state index contributed by atoms with van der Waals surface area (Å²) in [6, 6.07) is 0.574. The second-order valence-corrected chi connectivity index (χ2v) is 9.63. The highest BCUT2D eigenvalue weighted by Crippen LogP contribution is 2.20. The average Bonchev–Trinajstić information content (AvgIpc) is 3.22. The molecule has 1 N–H and O–H groups in total. The minimum Gasteiger partial charge on any atom is -0.379 e. The fourth-order valence-electron chi connectivity index (χ4n) is 3.91. The SMILES string of the molecule is CCCNC(=NCC1CCS(=O)(=O)C1)N1CCC(N2CCOCC2)C1. The monoisotopic (exact) mass is 372 g/mol. The first-order valence-electron chi connectivity index (χ1n) is 9.63. The molecule has 7 nitrogen and oxygen atoms in total. The third kappa shape index (κ3) is 5.31. The van der Waals surface area contributed by atoms with Gasteiger partial charge in [0.15, 0.2) is 15.8 Å². The molecule has 3 rings (SSSR count). The van der Waals surface area contributed by atoms with Crippen LogP contribution in [0.4, 0.5) is 0 Å². The van der Waals surface area contributed by atoms with Crippen LogP contribution in [0.2, 0.25) is 0 Å². The number of rotatable bonds is 5. The lowest BCUT2D eigenvalue weighted by Gasteiger charge is -2.32. The van der Waals surface area contributed by atoms with Crippen molar-refractivity contribution in [3.8, 4) is 0 Å². The third-order valence-corrected chi connectivity index (χ3v) is 7.22. The Morgan fingerprint density at radius 3 is 2.72 bits per heavy atom. The Labute approximate surface area is 151 Å². The smallest absolute Gasteiger partial charge is 0.193 e. The number of hydrogen-bond donors (Lipinski definition) is 1. The molecule has 0 radical (unpaired) electrons. The highest BCUT2D eigenvalue weighted by Gasteiger charge is 2.31. The first-order chi connectivity index (χ1) is 12.1. The van der Waals surface area contributed by atoms with Crippen LogP contribution in [0.1, 0.15) is 26.2 Å². The van der Waals surface area contributed by atoms with Gasteiger partial charge in [-0.05, 0) is 25.2 Å². The number of aliphatic imine (C=N–C) groups is 1. The summed E-state index contributed by atoms with van der Waals surface area (Å²) in [7, 11) is -2.82. The fourth-order valence-corrected chi connectivity index (χ4v) is 5.76. The Bertz CT molecular complexity index is 560. The number of hydrogen-bond acceptors (Lipinski definition) is 5. The number of guanidine groups is 1. The molecule has 0 spiro atoms. The minimum absolute atomic E-state index is 0.182. The Kier molecular flexibility index (Phi) is 6.57. The maximum absolute atomic E-state index is 11.6. The van der Waals surface area contributed by atoms with Crippen molar-refractivity contribution in [1.29, 1.82) is 0 Å². The lowest BCUT2D eigenvalue weighted by Crippen LogP contribution is -2.47. The minimum atomic E-state index is -2.82. The van der Waals surface area contributed by atoms with Gasteiger partial charge in [-0.15, -0.1) is 0 Å². The van der Waals surface area contributed by atoms with Crippen LogP contribution in [0.3, 0.4) is 0 Å². The maximum atomic E-state index is 11.6. The number of ether oxygens (including phenoxy) is 1. The number of nitrogens with zero attached hydrogens (tertiary/aromatic N) is 3. The highest BCUT2D eigenvalue weighted by atomic mass is 32.2. The first kappa shape index (κ1) is 18.9. The number of nitrogens with one attached hydrogen (secondary N) is 1. The molecule has 3 aliphatic heterocycles. The van der Waals surface area contributed by atoms with Crippen LogP contribution in [0.15, 0.2) is 4.99 Å². The van der Waals surface area contributed by atoms with Crippen LogP contribution in [-0.2, 0) is 14.6 Å². The van der Waals surface area contributed by atoms with Gasteiger partial charge in [0.25, 0.3) is 0 Å². The quantitative estimate of drug-likeness (QED) is 0.548. The largest absolute Gasteiger partial charge is 0.379 e. The van der Waals surface area contributed by atoms with Crippen molar-refractivity contribution in [2.24, 2.45) is 10.9 Å². The van der Waals surface area contributed by atoms with Crippen LogP contribution in [0.5, 0.6) is 0 Å². The van der Waals surface area contributed by atoms with E-state index >= 15 is 0 Å². The number of morpholine rings is 1. The molecule has 144 valence electrons. The van der Waals surface area contributed by atoms with Crippen molar-refractivity contribution in [1.82, 2.24) is 15.1 Å². The molecule has 0 aliphatic carbocycles. The molecule has 0 aromatic rings. The van der Waals surface area contributed by atoms with E-state index < -0.39 is 9.84 Å². The van der Waals surface area contributed by atoms with Gasteiger partial charge in [0.1, 0.15) is 0 Å². The number of likely N-dealkylation sites (tertiary alicyclic amines) is 1. The Morgan fingerprint density at radius 1 is 1.24 bits per heavy atom. The summed E-state index contributed by atoms with van der Waals surface area (Å²) in [5.41, 5.74) is 0. The third-order valence-electron chi connectivity index (χ3n) is 5.38. The van der Waals surface area contributed by atoms with Gasteiger partial charge >= 0.3 is 0 Å². The van der Waals surface area contributed by atoms with E-state index in [0.717, 1.165) is 71.2 Å². The molecule has 0 aromatic heterocycles. The van der Waals surface area contributed by atoms with Gasteiger partial charge in [-0.3, -0.25) is 9.89 Å². The maximum Gasteiger partial charge on any atom is 0.193 e. The molecule has 0 amide bonds. The average molecular weight is 373 g/mol. The summed E-state index contributed by atoms with van der Waals surface area (Å²) in [6.45, 7) is 9.39. The predicted octanol–water partition coefficient (Wildman–Crippen LogP) is 0.183. The molecule has 2 unspecified atom stereocenters. The van der Waals surface area contributed by atoms with Gasteiger partial charge in [0.05, 0.1) is 24.7 Å².